The Morgan fingerprint density at radius 3 is 2.28 bits per heavy atom. The van der Waals surface area contributed by atoms with E-state index >= 15 is 0 Å². The van der Waals surface area contributed by atoms with Crippen molar-refractivity contribution in [1.29, 1.82) is 0 Å². The van der Waals surface area contributed by atoms with Crippen molar-refractivity contribution in [2.24, 2.45) is 5.10 Å². The van der Waals surface area contributed by atoms with E-state index in [0.29, 0.717) is 35.2 Å². The predicted octanol–water partition coefficient (Wildman–Crippen LogP) is 2.95. The van der Waals surface area contributed by atoms with Crippen molar-refractivity contribution in [3.63, 3.8) is 0 Å². The zero-order valence-electron chi connectivity index (χ0n) is 20.2. The maximum absolute atomic E-state index is 11.9. The van der Waals surface area contributed by atoms with Gasteiger partial charge in [0.05, 0.1) is 10.6 Å². The normalized spacial score (nSPS) is 17.4. The molecular weight excluding hydrogens is 480 g/mol. The number of hydrogen-bond acceptors (Lipinski definition) is 9. The van der Waals surface area contributed by atoms with Crippen molar-refractivity contribution < 1.29 is 22.7 Å². The molecule has 0 saturated carbocycles. The number of aldehydes is 1. The lowest BCUT2D eigenvalue weighted by Gasteiger charge is -2.33. The third-order valence-corrected chi connectivity index (χ3v) is 6.53. The maximum Gasteiger partial charge on any atom is 0.201 e. The summed E-state index contributed by atoms with van der Waals surface area (Å²) in [7, 11) is -1.56. The summed E-state index contributed by atoms with van der Waals surface area (Å²) in [5.74, 6) is -0.0388. The summed E-state index contributed by atoms with van der Waals surface area (Å²) in [6.07, 6.45) is 4.76. The van der Waals surface area contributed by atoms with Crippen LogP contribution in [-0.4, -0.2) is 61.8 Å². The van der Waals surface area contributed by atoms with Crippen molar-refractivity contribution in [2.45, 2.75) is 30.6 Å². The lowest BCUT2D eigenvalue weighted by atomic mass is 10.0. The Morgan fingerprint density at radius 1 is 1.08 bits per heavy atom. The SMILES string of the molecule is CCC1OC(C=O)N(C)N=C1c1ccc(S(C)(=O)=O)cc1.Nc1ccc(C(=O)c2cccnc2)cc1. The summed E-state index contributed by atoms with van der Waals surface area (Å²) < 4.78 is 28.6. The average molecular weight is 509 g/mol. The van der Waals surface area contributed by atoms with Crippen LogP contribution in [-0.2, 0) is 19.4 Å². The number of carbonyl (C=O) groups is 2. The fourth-order valence-electron chi connectivity index (χ4n) is 3.44. The highest BCUT2D eigenvalue weighted by atomic mass is 32.2. The summed E-state index contributed by atoms with van der Waals surface area (Å²) >= 11 is 0. The molecule has 2 aromatic carbocycles. The van der Waals surface area contributed by atoms with Gasteiger partial charge in [-0.1, -0.05) is 19.1 Å². The summed E-state index contributed by atoms with van der Waals surface area (Å²) in [6, 6.07) is 16.8. The Hall–Kier alpha value is -3.89. The highest BCUT2D eigenvalue weighted by Gasteiger charge is 2.29. The number of ketones is 1. The predicted molar refractivity (Wildman–Crippen MR) is 137 cm³/mol. The molecule has 0 amide bonds. The lowest BCUT2D eigenvalue weighted by molar-refractivity contribution is -0.135. The molecule has 2 N–H and O–H groups in total. The Morgan fingerprint density at radius 2 is 1.75 bits per heavy atom. The van der Waals surface area contributed by atoms with Crippen molar-refractivity contribution in [1.82, 2.24) is 9.99 Å². The van der Waals surface area contributed by atoms with E-state index in [0.717, 1.165) is 5.56 Å². The van der Waals surface area contributed by atoms with Crippen LogP contribution in [0.2, 0.25) is 0 Å². The van der Waals surface area contributed by atoms with Gasteiger partial charge in [0.25, 0.3) is 0 Å². The minimum absolute atomic E-state index is 0.0388. The third-order valence-electron chi connectivity index (χ3n) is 5.40. The van der Waals surface area contributed by atoms with E-state index in [4.69, 9.17) is 10.5 Å². The minimum atomic E-state index is -3.22. The number of ether oxygens (including phenoxy) is 1. The smallest absolute Gasteiger partial charge is 0.201 e. The van der Waals surface area contributed by atoms with Crippen LogP contribution < -0.4 is 5.73 Å². The van der Waals surface area contributed by atoms with Crippen LogP contribution in [0.3, 0.4) is 0 Å². The molecular formula is C26H28N4O5S. The largest absolute Gasteiger partial charge is 0.399 e. The van der Waals surface area contributed by atoms with Crippen molar-refractivity contribution >= 4 is 33.3 Å². The van der Waals surface area contributed by atoms with Crippen LogP contribution in [0.25, 0.3) is 0 Å². The quantitative estimate of drug-likeness (QED) is 0.305. The first-order valence-electron chi connectivity index (χ1n) is 11.2. The van der Waals surface area contributed by atoms with Gasteiger partial charge in [-0.15, -0.1) is 0 Å². The first-order valence-corrected chi connectivity index (χ1v) is 13.1. The van der Waals surface area contributed by atoms with Gasteiger partial charge in [-0.25, -0.2) is 8.42 Å². The van der Waals surface area contributed by atoms with Crippen LogP contribution >= 0.6 is 0 Å². The third kappa shape index (κ3) is 6.61. The zero-order chi connectivity index (χ0) is 26.3. The number of nitrogens with two attached hydrogens (primary N) is 1. The van der Waals surface area contributed by atoms with E-state index in [9.17, 15) is 18.0 Å². The average Bonchev–Trinajstić information content (AvgIpc) is 2.89. The molecule has 188 valence electrons. The van der Waals surface area contributed by atoms with E-state index < -0.39 is 16.1 Å². The van der Waals surface area contributed by atoms with Gasteiger partial charge in [0, 0.05) is 48.1 Å². The molecule has 1 aliphatic rings. The molecule has 1 aromatic heterocycles. The molecule has 4 rings (SSSR count). The second-order valence-corrected chi connectivity index (χ2v) is 10.1. The Labute approximate surface area is 210 Å². The summed E-state index contributed by atoms with van der Waals surface area (Å²) in [5.41, 5.74) is 8.88. The molecule has 0 saturated heterocycles. The topological polar surface area (TPSA) is 132 Å². The number of likely N-dealkylation sites (N-methyl/N-ethyl adjacent to an activating group) is 1. The highest BCUT2D eigenvalue weighted by molar-refractivity contribution is 7.90. The second kappa shape index (κ2) is 11.7. The summed E-state index contributed by atoms with van der Waals surface area (Å²) in [6.45, 7) is 1.94. The monoisotopic (exact) mass is 508 g/mol. The van der Waals surface area contributed by atoms with Crippen LogP contribution in [0.1, 0.15) is 34.8 Å². The van der Waals surface area contributed by atoms with Crippen molar-refractivity contribution in [3.8, 4) is 0 Å². The first-order chi connectivity index (χ1) is 17.1. The van der Waals surface area contributed by atoms with Crippen molar-refractivity contribution in [3.05, 3.63) is 89.7 Å². The van der Waals surface area contributed by atoms with Crippen LogP contribution in [0.15, 0.2) is 83.1 Å². The van der Waals surface area contributed by atoms with Gasteiger partial charge in [-0.05, 0) is 55.0 Å². The van der Waals surface area contributed by atoms with Crippen LogP contribution in [0.5, 0.6) is 0 Å². The van der Waals surface area contributed by atoms with Gasteiger partial charge >= 0.3 is 0 Å². The molecule has 0 aliphatic carbocycles. The molecule has 0 bridgehead atoms. The molecule has 0 spiro atoms. The first kappa shape index (κ1) is 26.7. The summed E-state index contributed by atoms with van der Waals surface area (Å²) in [5, 5.41) is 5.85. The Kier molecular flexibility index (Phi) is 8.68. The van der Waals surface area contributed by atoms with E-state index in [1.807, 2.05) is 6.92 Å². The molecule has 0 radical (unpaired) electrons. The van der Waals surface area contributed by atoms with E-state index in [1.54, 1.807) is 80.1 Å². The van der Waals surface area contributed by atoms with Gasteiger partial charge in [0.15, 0.2) is 21.9 Å². The molecule has 0 fully saturated rings. The fourth-order valence-corrected chi connectivity index (χ4v) is 4.07. The van der Waals surface area contributed by atoms with E-state index in [1.165, 1.54) is 11.3 Å². The maximum atomic E-state index is 11.9. The number of hydrazone groups is 1. The number of nitrogens with zero attached hydrogens (tertiary/aromatic N) is 3. The molecule has 36 heavy (non-hydrogen) atoms. The van der Waals surface area contributed by atoms with E-state index in [2.05, 4.69) is 10.1 Å². The molecule has 1 aliphatic heterocycles. The molecule has 3 aromatic rings. The Balaban J connectivity index is 0.000000212. The highest BCUT2D eigenvalue weighted by Crippen LogP contribution is 2.20. The zero-order valence-corrected chi connectivity index (χ0v) is 21.1. The number of hydrogen-bond donors (Lipinski definition) is 1. The lowest BCUT2D eigenvalue weighted by Crippen LogP contribution is -2.44. The van der Waals surface area contributed by atoms with Gasteiger partial charge in [-0.3, -0.25) is 19.6 Å². The molecule has 9 nitrogen and oxygen atoms in total. The number of anilines is 1. The number of nitrogen functional groups attached to an aromatic ring is 1. The standard InChI is InChI=1S/C14H18N2O4S.C12H10N2O/c1-4-12-14(15-16(2)13(9-17)20-12)10-5-7-11(8-6-10)21(3,18)19;13-11-5-3-9(4-6-11)12(15)10-2-1-7-14-8-10/h5-9,12-13H,4H2,1-3H3;1-8H,13H2. The number of sulfone groups is 1. The second-order valence-electron chi connectivity index (χ2n) is 8.11. The fraction of sp³-hybridized carbons (Fsp3) is 0.231. The van der Waals surface area contributed by atoms with Gasteiger partial charge in [0.2, 0.25) is 6.23 Å². The van der Waals surface area contributed by atoms with Crippen molar-refractivity contribution in [2.75, 3.05) is 19.0 Å². The van der Waals surface area contributed by atoms with Gasteiger partial charge < -0.3 is 10.5 Å². The molecule has 2 atom stereocenters. The number of aromatic nitrogens is 1. The van der Waals surface area contributed by atoms with Crippen LogP contribution in [0.4, 0.5) is 5.69 Å². The number of rotatable bonds is 6. The minimum Gasteiger partial charge on any atom is -0.399 e. The molecule has 2 unspecified atom stereocenters. The number of pyridine rings is 1. The van der Waals surface area contributed by atoms with Gasteiger partial charge in [-0.2, -0.15) is 5.10 Å². The van der Waals surface area contributed by atoms with Gasteiger partial charge in [0.1, 0.15) is 6.10 Å². The number of benzene rings is 2. The van der Waals surface area contributed by atoms with Crippen LogP contribution in [0, 0.1) is 0 Å². The molecule has 2 heterocycles. The summed E-state index contributed by atoms with van der Waals surface area (Å²) in [4.78, 5) is 27.0. The molecule has 10 heteroatoms. The Bertz CT molecular complexity index is 1330. The number of carbonyl (C=O) groups excluding carboxylic acids is 2. The van der Waals surface area contributed by atoms with E-state index in [-0.39, 0.29) is 16.8 Å².